The minimum absolute atomic E-state index is 0.0190. The number of benzene rings is 3. The Morgan fingerprint density at radius 3 is 1.03 bits per heavy atom. The summed E-state index contributed by atoms with van der Waals surface area (Å²) >= 11 is 0. The van der Waals surface area contributed by atoms with Crippen molar-refractivity contribution >= 4 is 34.1 Å². The van der Waals surface area contributed by atoms with E-state index in [2.05, 4.69) is 0 Å². The molecule has 0 atom stereocenters. The van der Waals surface area contributed by atoms with Crippen LogP contribution in [0.15, 0.2) is 54.6 Å². The van der Waals surface area contributed by atoms with Crippen LogP contribution in [0.1, 0.15) is 16.7 Å². The van der Waals surface area contributed by atoms with Gasteiger partial charge in [-0.2, -0.15) is 0 Å². The molecular formula is C21H18N4O6. The molecule has 0 unspecified atom stereocenters. The Hall–Kier alpha value is -4.34. The normalized spacial score (nSPS) is 10.5. The van der Waals surface area contributed by atoms with E-state index in [1.807, 2.05) is 0 Å². The summed E-state index contributed by atoms with van der Waals surface area (Å²) in [7, 11) is 0. The van der Waals surface area contributed by atoms with Crippen LogP contribution >= 0.6 is 0 Å². The summed E-state index contributed by atoms with van der Waals surface area (Å²) in [6.45, 7) is 5.01. The fraction of sp³-hybridized carbons (Fsp3) is 0.143. The van der Waals surface area contributed by atoms with E-state index in [0.717, 1.165) is 0 Å². The predicted octanol–water partition coefficient (Wildman–Crippen LogP) is 5.81. The number of rotatable bonds is 6. The summed E-state index contributed by atoms with van der Waals surface area (Å²) in [5, 5.41) is 35.4. The highest BCUT2D eigenvalue weighted by Gasteiger charge is 2.32. The first-order chi connectivity index (χ1) is 14.6. The monoisotopic (exact) mass is 422 g/mol. The zero-order chi connectivity index (χ0) is 22.9. The average molecular weight is 422 g/mol. The molecule has 3 rings (SSSR count). The van der Waals surface area contributed by atoms with Crippen molar-refractivity contribution < 1.29 is 14.8 Å². The van der Waals surface area contributed by atoms with Gasteiger partial charge in [0.1, 0.15) is 17.1 Å². The second kappa shape index (κ2) is 8.19. The van der Waals surface area contributed by atoms with Gasteiger partial charge in [-0.3, -0.25) is 35.2 Å². The number of hydrogen-bond donors (Lipinski definition) is 0. The van der Waals surface area contributed by atoms with Gasteiger partial charge in [0.05, 0.1) is 14.8 Å². The van der Waals surface area contributed by atoms with Crippen molar-refractivity contribution in [1.29, 1.82) is 0 Å². The Kier molecular flexibility index (Phi) is 5.64. The molecule has 0 radical (unpaired) electrons. The van der Waals surface area contributed by atoms with Crippen LogP contribution in [0.3, 0.4) is 0 Å². The first-order valence-electron chi connectivity index (χ1n) is 9.15. The van der Waals surface area contributed by atoms with Gasteiger partial charge in [-0.25, -0.2) is 0 Å². The van der Waals surface area contributed by atoms with E-state index < -0.39 is 14.8 Å². The lowest BCUT2D eigenvalue weighted by Crippen LogP contribution is -2.15. The van der Waals surface area contributed by atoms with Crippen molar-refractivity contribution in [2.45, 2.75) is 20.8 Å². The van der Waals surface area contributed by atoms with E-state index in [1.165, 1.54) is 41.3 Å². The molecule has 0 aliphatic rings. The third-order valence-corrected chi connectivity index (χ3v) is 4.71. The van der Waals surface area contributed by atoms with Gasteiger partial charge >= 0.3 is 0 Å². The highest BCUT2D eigenvalue weighted by Crippen LogP contribution is 2.47. The van der Waals surface area contributed by atoms with E-state index in [0.29, 0.717) is 16.7 Å². The molecule has 0 saturated carbocycles. The van der Waals surface area contributed by atoms with Gasteiger partial charge < -0.3 is 0 Å². The van der Waals surface area contributed by atoms with Crippen LogP contribution in [0.2, 0.25) is 0 Å². The Morgan fingerprint density at radius 1 is 0.548 bits per heavy atom. The van der Waals surface area contributed by atoms with Crippen LogP contribution in [0, 0.1) is 51.1 Å². The van der Waals surface area contributed by atoms with Crippen LogP contribution in [-0.2, 0) is 0 Å². The SMILES string of the molecule is Cc1ccc(N(c2ccc(C)cc2[N+](=O)[O-])c2ccc(C)cc2[N+](=O)[O-])c([N+](=O)[O-])c1. The number of aryl methyl sites for hydroxylation is 3. The quantitative estimate of drug-likeness (QED) is 0.362. The largest absolute Gasteiger partial charge is 0.293 e. The average Bonchev–Trinajstić information content (AvgIpc) is 2.70. The van der Waals surface area contributed by atoms with Crippen LogP contribution in [0.25, 0.3) is 0 Å². The molecule has 0 saturated heterocycles. The van der Waals surface area contributed by atoms with Crippen molar-refractivity contribution in [2.75, 3.05) is 4.90 Å². The minimum Gasteiger partial charge on any atom is -0.292 e. The summed E-state index contributed by atoms with van der Waals surface area (Å²) in [6, 6.07) is 13.1. The summed E-state index contributed by atoms with van der Waals surface area (Å²) in [5.41, 5.74) is 0.768. The van der Waals surface area contributed by atoms with Crippen LogP contribution in [0.5, 0.6) is 0 Å². The molecule has 0 aliphatic carbocycles. The molecule has 10 heteroatoms. The van der Waals surface area contributed by atoms with Gasteiger partial charge in [0.2, 0.25) is 0 Å². The number of anilines is 3. The number of nitrogens with zero attached hydrogens (tertiary/aromatic N) is 4. The topological polar surface area (TPSA) is 133 Å². The molecule has 0 amide bonds. The molecule has 3 aromatic rings. The molecule has 158 valence electrons. The zero-order valence-electron chi connectivity index (χ0n) is 16.9. The van der Waals surface area contributed by atoms with Crippen LogP contribution in [0.4, 0.5) is 34.1 Å². The Balaban J connectivity index is 2.46. The fourth-order valence-corrected chi connectivity index (χ4v) is 3.30. The van der Waals surface area contributed by atoms with Gasteiger partial charge in [-0.05, 0) is 55.7 Å². The lowest BCUT2D eigenvalue weighted by atomic mass is 10.1. The van der Waals surface area contributed by atoms with E-state index in [1.54, 1.807) is 39.0 Å². The summed E-state index contributed by atoms with van der Waals surface area (Å²) in [6.07, 6.45) is 0. The zero-order valence-corrected chi connectivity index (χ0v) is 16.9. The summed E-state index contributed by atoms with van der Waals surface area (Å²) in [4.78, 5) is 34.7. The molecule has 31 heavy (non-hydrogen) atoms. The van der Waals surface area contributed by atoms with Gasteiger partial charge in [0.25, 0.3) is 17.1 Å². The van der Waals surface area contributed by atoms with E-state index in [4.69, 9.17) is 0 Å². The van der Waals surface area contributed by atoms with Gasteiger partial charge in [0, 0.05) is 18.2 Å². The second-order valence-electron chi connectivity index (χ2n) is 7.08. The van der Waals surface area contributed by atoms with Crippen molar-refractivity contribution in [3.05, 3.63) is 102 Å². The standard InChI is InChI=1S/C21H18N4O6/c1-13-4-7-16(19(10-13)23(26)27)22(17-8-5-14(2)11-20(17)24(28)29)18-9-6-15(3)12-21(18)25(30)31/h4-12H,1-3H3. The maximum Gasteiger partial charge on any atom is 0.293 e. The summed E-state index contributed by atoms with van der Waals surface area (Å²) < 4.78 is 0. The first kappa shape index (κ1) is 21.4. The van der Waals surface area contributed by atoms with E-state index in [-0.39, 0.29) is 34.1 Å². The molecule has 3 aromatic carbocycles. The van der Waals surface area contributed by atoms with Crippen molar-refractivity contribution in [3.8, 4) is 0 Å². The Morgan fingerprint density at radius 2 is 0.806 bits per heavy atom. The van der Waals surface area contributed by atoms with E-state index in [9.17, 15) is 30.3 Å². The van der Waals surface area contributed by atoms with Crippen molar-refractivity contribution in [3.63, 3.8) is 0 Å². The molecule has 0 fully saturated rings. The lowest BCUT2D eigenvalue weighted by Gasteiger charge is -2.25. The third kappa shape index (κ3) is 4.17. The van der Waals surface area contributed by atoms with Crippen molar-refractivity contribution in [2.24, 2.45) is 0 Å². The highest BCUT2D eigenvalue weighted by atomic mass is 16.6. The molecule has 0 aromatic heterocycles. The Bertz CT molecular complexity index is 1070. The fourth-order valence-electron chi connectivity index (χ4n) is 3.30. The smallest absolute Gasteiger partial charge is 0.292 e. The number of nitro benzene ring substituents is 3. The Labute approximate surface area is 176 Å². The number of nitro groups is 3. The van der Waals surface area contributed by atoms with Crippen LogP contribution < -0.4 is 4.90 Å². The first-order valence-corrected chi connectivity index (χ1v) is 9.15. The van der Waals surface area contributed by atoms with Crippen molar-refractivity contribution in [1.82, 2.24) is 0 Å². The highest BCUT2D eigenvalue weighted by molar-refractivity contribution is 5.89. The van der Waals surface area contributed by atoms with Crippen LogP contribution in [-0.4, -0.2) is 14.8 Å². The predicted molar refractivity (Wildman–Crippen MR) is 115 cm³/mol. The molecule has 10 nitrogen and oxygen atoms in total. The molecule has 0 heterocycles. The van der Waals surface area contributed by atoms with Gasteiger partial charge in [-0.1, -0.05) is 18.2 Å². The maximum absolute atomic E-state index is 11.8. The number of hydrogen-bond acceptors (Lipinski definition) is 7. The van der Waals surface area contributed by atoms with Gasteiger partial charge in [0.15, 0.2) is 0 Å². The molecule has 0 N–H and O–H groups in total. The molecular weight excluding hydrogens is 404 g/mol. The third-order valence-electron chi connectivity index (χ3n) is 4.71. The summed E-state index contributed by atoms with van der Waals surface area (Å²) in [5.74, 6) is 0. The molecule has 0 spiro atoms. The second-order valence-corrected chi connectivity index (χ2v) is 7.08. The lowest BCUT2D eigenvalue weighted by molar-refractivity contribution is -0.385. The van der Waals surface area contributed by atoms with E-state index >= 15 is 0 Å². The molecule has 0 aliphatic heterocycles. The molecule has 0 bridgehead atoms. The van der Waals surface area contributed by atoms with Gasteiger partial charge in [-0.15, -0.1) is 0 Å². The maximum atomic E-state index is 11.8. The minimum atomic E-state index is -0.616.